The zero-order valence-electron chi connectivity index (χ0n) is 8.45. The van der Waals surface area contributed by atoms with Gasteiger partial charge in [0.25, 0.3) is 0 Å². The molecule has 72 valence electrons. The molecule has 0 aromatic heterocycles. The van der Waals surface area contributed by atoms with E-state index in [1.807, 2.05) is 0 Å². The molecule has 1 rings (SSSR count). The Bertz CT molecular complexity index is 142. The van der Waals surface area contributed by atoms with E-state index < -0.39 is 0 Å². The first-order chi connectivity index (χ1) is 5.57. The summed E-state index contributed by atoms with van der Waals surface area (Å²) in [5.41, 5.74) is 0. The second-order valence-corrected chi connectivity index (χ2v) is 4.00. The van der Waals surface area contributed by atoms with Gasteiger partial charge in [-0.05, 0) is 25.2 Å². The van der Waals surface area contributed by atoms with Crippen molar-refractivity contribution in [1.82, 2.24) is 0 Å². The number of ether oxygens (including phenoxy) is 1. The van der Waals surface area contributed by atoms with Gasteiger partial charge in [-0.15, -0.1) is 0 Å². The maximum atomic E-state index is 9.80. The summed E-state index contributed by atoms with van der Waals surface area (Å²) in [4.78, 5) is 0. The van der Waals surface area contributed by atoms with Gasteiger partial charge in [0.1, 0.15) is 0 Å². The smallest absolute Gasteiger partial charge is 0.0837 e. The molecule has 2 unspecified atom stereocenters. The van der Waals surface area contributed by atoms with Gasteiger partial charge < -0.3 is 9.84 Å². The lowest BCUT2D eigenvalue weighted by atomic mass is 9.81. The third-order valence-corrected chi connectivity index (χ3v) is 3.28. The van der Waals surface area contributed by atoms with E-state index in [1.54, 1.807) is 0 Å². The minimum atomic E-state index is -0.277. The Balaban J connectivity index is 2.63. The monoisotopic (exact) mass is 172 g/mol. The average Bonchev–Trinajstić information content (AvgIpc) is 2.08. The summed E-state index contributed by atoms with van der Waals surface area (Å²) in [6, 6.07) is 0. The molecule has 0 spiro atoms. The molecule has 0 bridgehead atoms. The first-order valence-corrected chi connectivity index (χ1v) is 4.91. The Morgan fingerprint density at radius 2 is 1.75 bits per heavy atom. The number of hydrogen-bond donors (Lipinski definition) is 1. The van der Waals surface area contributed by atoms with E-state index in [1.165, 1.54) is 0 Å². The standard InChI is InChI=1S/C10H20O2/c1-5-9-10(11)7(3)6(2)8(4)12-9/h6-11H,5H2,1-4H3/t6?,7-,8-,9?,10+/m1/s1. The molecule has 1 N–H and O–H groups in total. The Kier molecular flexibility index (Phi) is 3.13. The van der Waals surface area contributed by atoms with Crippen LogP contribution in [0.15, 0.2) is 0 Å². The highest BCUT2D eigenvalue weighted by atomic mass is 16.5. The van der Waals surface area contributed by atoms with Gasteiger partial charge in [-0.1, -0.05) is 20.8 Å². The van der Waals surface area contributed by atoms with Crippen molar-refractivity contribution >= 4 is 0 Å². The number of rotatable bonds is 1. The summed E-state index contributed by atoms with van der Waals surface area (Å²) in [5, 5.41) is 9.80. The third-order valence-electron chi connectivity index (χ3n) is 3.28. The molecule has 1 aliphatic rings. The van der Waals surface area contributed by atoms with Gasteiger partial charge in [0, 0.05) is 0 Å². The fourth-order valence-electron chi connectivity index (χ4n) is 1.89. The van der Waals surface area contributed by atoms with Crippen LogP contribution < -0.4 is 0 Å². The van der Waals surface area contributed by atoms with Crippen molar-refractivity contribution in [1.29, 1.82) is 0 Å². The van der Waals surface area contributed by atoms with Crippen LogP contribution in [0.4, 0.5) is 0 Å². The van der Waals surface area contributed by atoms with Gasteiger partial charge in [-0.3, -0.25) is 0 Å². The fraction of sp³-hybridized carbons (Fsp3) is 1.00. The van der Waals surface area contributed by atoms with Gasteiger partial charge in [-0.2, -0.15) is 0 Å². The molecule has 0 amide bonds. The second-order valence-electron chi connectivity index (χ2n) is 4.00. The SMILES string of the molecule is CCC1O[C@H](C)C(C)[C@@H](C)[C@@H]1O. The molecular weight excluding hydrogens is 152 g/mol. The zero-order valence-corrected chi connectivity index (χ0v) is 8.45. The Hall–Kier alpha value is -0.0800. The van der Waals surface area contributed by atoms with Crippen LogP contribution in [-0.4, -0.2) is 23.4 Å². The number of hydrogen-bond acceptors (Lipinski definition) is 2. The van der Waals surface area contributed by atoms with E-state index in [9.17, 15) is 5.11 Å². The highest BCUT2D eigenvalue weighted by molar-refractivity contribution is 4.85. The lowest BCUT2D eigenvalue weighted by Gasteiger charge is -2.41. The minimum Gasteiger partial charge on any atom is -0.390 e. The highest BCUT2D eigenvalue weighted by Gasteiger charge is 2.37. The van der Waals surface area contributed by atoms with Crippen LogP contribution in [0, 0.1) is 11.8 Å². The van der Waals surface area contributed by atoms with Crippen molar-refractivity contribution < 1.29 is 9.84 Å². The van der Waals surface area contributed by atoms with Crippen molar-refractivity contribution in [3.63, 3.8) is 0 Å². The Labute approximate surface area is 74.9 Å². The molecule has 0 saturated carbocycles. The van der Waals surface area contributed by atoms with Crippen molar-refractivity contribution in [2.24, 2.45) is 11.8 Å². The topological polar surface area (TPSA) is 29.5 Å². The molecule has 1 saturated heterocycles. The van der Waals surface area contributed by atoms with Crippen molar-refractivity contribution in [3.05, 3.63) is 0 Å². The molecule has 0 aliphatic carbocycles. The summed E-state index contributed by atoms with van der Waals surface area (Å²) >= 11 is 0. The van der Waals surface area contributed by atoms with Crippen LogP contribution in [0.3, 0.4) is 0 Å². The molecule has 1 heterocycles. The molecule has 0 radical (unpaired) electrons. The zero-order chi connectivity index (χ0) is 9.30. The molecule has 12 heavy (non-hydrogen) atoms. The molecular formula is C10H20O2. The van der Waals surface area contributed by atoms with Gasteiger partial charge in [0.05, 0.1) is 18.3 Å². The maximum Gasteiger partial charge on any atom is 0.0837 e. The van der Waals surface area contributed by atoms with Crippen LogP contribution in [0.5, 0.6) is 0 Å². The van der Waals surface area contributed by atoms with Gasteiger partial charge >= 0.3 is 0 Å². The van der Waals surface area contributed by atoms with E-state index in [2.05, 4.69) is 27.7 Å². The van der Waals surface area contributed by atoms with Crippen molar-refractivity contribution in [2.75, 3.05) is 0 Å². The minimum absolute atomic E-state index is 0.0474. The predicted molar refractivity (Wildman–Crippen MR) is 49.0 cm³/mol. The van der Waals surface area contributed by atoms with Gasteiger partial charge in [0.2, 0.25) is 0 Å². The van der Waals surface area contributed by atoms with Crippen LogP contribution in [0.25, 0.3) is 0 Å². The number of aliphatic hydroxyl groups excluding tert-OH is 1. The molecule has 1 fully saturated rings. The number of aliphatic hydroxyl groups is 1. The predicted octanol–water partition coefficient (Wildman–Crippen LogP) is 1.82. The average molecular weight is 172 g/mol. The van der Waals surface area contributed by atoms with E-state index >= 15 is 0 Å². The summed E-state index contributed by atoms with van der Waals surface area (Å²) in [5.74, 6) is 0.821. The van der Waals surface area contributed by atoms with E-state index in [0.29, 0.717) is 11.8 Å². The summed E-state index contributed by atoms with van der Waals surface area (Å²) in [7, 11) is 0. The molecule has 5 atom stereocenters. The first kappa shape index (κ1) is 10.0. The van der Waals surface area contributed by atoms with Crippen LogP contribution in [0.2, 0.25) is 0 Å². The van der Waals surface area contributed by atoms with Crippen LogP contribution in [-0.2, 0) is 4.74 Å². The second kappa shape index (κ2) is 3.75. The molecule has 2 heteroatoms. The van der Waals surface area contributed by atoms with Crippen molar-refractivity contribution in [3.8, 4) is 0 Å². The lowest BCUT2D eigenvalue weighted by Crippen LogP contribution is -2.47. The van der Waals surface area contributed by atoms with Crippen molar-refractivity contribution in [2.45, 2.75) is 52.4 Å². The normalized spacial score (nSPS) is 49.2. The van der Waals surface area contributed by atoms with Crippen LogP contribution in [0.1, 0.15) is 34.1 Å². The van der Waals surface area contributed by atoms with E-state index in [-0.39, 0.29) is 18.3 Å². The quantitative estimate of drug-likeness (QED) is 0.653. The maximum absolute atomic E-state index is 9.80. The molecule has 0 aromatic rings. The fourth-order valence-corrected chi connectivity index (χ4v) is 1.89. The largest absolute Gasteiger partial charge is 0.390 e. The van der Waals surface area contributed by atoms with E-state index in [0.717, 1.165) is 6.42 Å². The first-order valence-electron chi connectivity index (χ1n) is 4.91. The summed E-state index contributed by atoms with van der Waals surface area (Å²) < 4.78 is 5.68. The highest BCUT2D eigenvalue weighted by Crippen LogP contribution is 2.31. The molecule has 2 nitrogen and oxygen atoms in total. The summed E-state index contributed by atoms with van der Waals surface area (Å²) in [6.07, 6.45) is 0.962. The molecule has 1 aliphatic heterocycles. The van der Waals surface area contributed by atoms with Gasteiger partial charge in [0.15, 0.2) is 0 Å². The molecule has 0 aromatic carbocycles. The van der Waals surface area contributed by atoms with E-state index in [4.69, 9.17) is 4.74 Å². The Morgan fingerprint density at radius 1 is 1.17 bits per heavy atom. The summed E-state index contributed by atoms with van der Waals surface area (Å²) in [6.45, 7) is 8.40. The Morgan fingerprint density at radius 3 is 2.25 bits per heavy atom. The third kappa shape index (κ3) is 1.64. The van der Waals surface area contributed by atoms with Crippen LogP contribution >= 0.6 is 0 Å². The van der Waals surface area contributed by atoms with Gasteiger partial charge in [-0.25, -0.2) is 0 Å². The lowest BCUT2D eigenvalue weighted by molar-refractivity contribution is -0.162.